The van der Waals surface area contributed by atoms with E-state index >= 15 is 0 Å². The molecule has 0 spiro atoms. The molecule has 1 aromatic carbocycles. The molecule has 0 aliphatic carbocycles. The summed E-state index contributed by atoms with van der Waals surface area (Å²) in [4.78, 5) is 28.4. The molecule has 0 atom stereocenters. The number of hydrogen-bond donors (Lipinski definition) is 1. The Balaban J connectivity index is 1.49. The average molecular weight is 428 g/mol. The van der Waals surface area contributed by atoms with Crippen LogP contribution in [0.1, 0.15) is 16.2 Å². The summed E-state index contributed by atoms with van der Waals surface area (Å²) in [6, 6.07) is 12.3. The van der Waals surface area contributed by atoms with Crippen LogP contribution < -0.4 is 10.2 Å². The van der Waals surface area contributed by atoms with Crippen molar-refractivity contribution in [3.05, 3.63) is 72.6 Å². The fourth-order valence-electron chi connectivity index (χ4n) is 3.94. The van der Waals surface area contributed by atoms with E-state index in [1.165, 1.54) is 0 Å². The first kappa shape index (κ1) is 20.1. The smallest absolute Gasteiger partial charge is 0.270 e. The van der Waals surface area contributed by atoms with Crippen LogP contribution in [0.15, 0.2) is 61.2 Å². The highest BCUT2D eigenvalue weighted by atomic mass is 16.5. The number of pyridine rings is 1. The molecule has 1 aliphatic heterocycles. The van der Waals surface area contributed by atoms with E-state index in [0.717, 1.165) is 54.2 Å². The number of anilines is 1. The molecule has 162 valence electrons. The quantitative estimate of drug-likeness (QED) is 0.526. The van der Waals surface area contributed by atoms with Crippen molar-refractivity contribution in [3.8, 4) is 11.3 Å². The van der Waals surface area contributed by atoms with Gasteiger partial charge in [0.15, 0.2) is 0 Å². The molecular formula is C24H24N6O2. The van der Waals surface area contributed by atoms with E-state index in [9.17, 15) is 4.79 Å². The van der Waals surface area contributed by atoms with Gasteiger partial charge in [-0.3, -0.25) is 14.8 Å². The zero-order valence-electron chi connectivity index (χ0n) is 17.9. The first-order valence-electron chi connectivity index (χ1n) is 10.6. The van der Waals surface area contributed by atoms with Gasteiger partial charge in [0, 0.05) is 55.4 Å². The summed E-state index contributed by atoms with van der Waals surface area (Å²) in [6.07, 6.45) is 6.80. The summed E-state index contributed by atoms with van der Waals surface area (Å²) < 4.78 is 7.48. The number of nitrogens with zero attached hydrogens (tertiary/aromatic N) is 5. The van der Waals surface area contributed by atoms with Crippen LogP contribution >= 0.6 is 0 Å². The molecule has 1 fully saturated rings. The number of morpholine rings is 1. The van der Waals surface area contributed by atoms with E-state index in [0.29, 0.717) is 17.9 Å². The fraction of sp³-hybridized carbons (Fsp3) is 0.250. The van der Waals surface area contributed by atoms with Crippen LogP contribution in [-0.2, 0) is 18.3 Å². The lowest BCUT2D eigenvalue weighted by Crippen LogP contribution is -2.36. The Kier molecular flexibility index (Phi) is 5.51. The predicted molar refractivity (Wildman–Crippen MR) is 122 cm³/mol. The molecule has 1 saturated heterocycles. The SMILES string of the molecule is Cn1ccc2c(C(=O)NCc3cnccn3)nc(-c3cccc(N4CCOCC4)c3)cc21. The first-order chi connectivity index (χ1) is 15.7. The highest BCUT2D eigenvalue weighted by molar-refractivity contribution is 6.05. The molecule has 1 N–H and O–H groups in total. The lowest BCUT2D eigenvalue weighted by Gasteiger charge is -2.29. The largest absolute Gasteiger partial charge is 0.378 e. The van der Waals surface area contributed by atoms with Crippen LogP contribution in [0, 0.1) is 0 Å². The minimum Gasteiger partial charge on any atom is -0.378 e. The second-order valence-electron chi connectivity index (χ2n) is 7.74. The normalized spacial score (nSPS) is 14.0. The second-order valence-corrected chi connectivity index (χ2v) is 7.74. The molecule has 8 nitrogen and oxygen atoms in total. The van der Waals surface area contributed by atoms with Crippen molar-refractivity contribution < 1.29 is 9.53 Å². The molecule has 4 heterocycles. The summed E-state index contributed by atoms with van der Waals surface area (Å²) >= 11 is 0. The van der Waals surface area contributed by atoms with Crippen LogP contribution in [0.2, 0.25) is 0 Å². The molecule has 32 heavy (non-hydrogen) atoms. The van der Waals surface area contributed by atoms with Crippen LogP contribution in [-0.4, -0.2) is 51.7 Å². The van der Waals surface area contributed by atoms with Gasteiger partial charge in [-0.15, -0.1) is 0 Å². The van der Waals surface area contributed by atoms with Crippen molar-refractivity contribution in [3.63, 3.8) is 0 Å². The van der Waals surface area contributed by atoms with E-state index in [1.54, 1.807) is 18.6 Å². The van der Waals surface area contributed by atoms with Gasteiger partial charge in [-0.2, -0.15) is 0 Å². The molecule has 0 radical (unpaired) electrons. The van der Waals surface area contributed by atoms with Crippen LogP contribution in [0.25, 0.3) is 22.2 Å². The molecule has 3 aromatic heterocycles. The summed E-state index contributed by atoms with van der Waals surface area (Å²) in [5.74, 6) is -0.238. The van der Waals surface area contributed by atoms with E-state index in [4.69, 9.17) is 9.72 Å². The van der Waals surface area contributed by atoms with Crippen LogP contribution in [0.5, 0.6) is 0 Å². The summed E-state index contributed by atoms with van der Waals surface area (Å²) in [5, 5.41) is 3.74. The third-order valence-corrected chi connectivity index (χ3v) is 5.66. The van der Waals surface area contributed by atoms with Crippen molar-refractivity contribution >= 4 is 22.5 Å². The van der Waals surface area contributed by atoms with E-state index in [2.05, 4.69) is 32.3 Å². The standard InChI is InChI=1S/C24H24N6O2/c1-29-8-5-20-22(29)14-21(17-3-2-4-19(13-17)30-9-11-32-12-10-30)28-23(20)24(31)27-16-18-15-25-6-7-26-18/h2-8,13-15H,9-12,16H2,1H3,(H,27,31). The molecule has 0 saturated carbocycles. The minimum atomic E-state index is -0.238. The summed E-state index contributed by atoms with van der Waals surface area (Å²) in [5.41, 5.74) is 4.92. The lowest BCUT2D eigenvalue weighted by atomic mass is 10.1. The van der Waals surface area contributed by atoms with Gasteiger partial charge in [0.25, 0.3) is 5.91 Å². The van der Waals surface area contributed by atoms with Gasteiger partial charge in [-0.05, 0) is 24.3 Å². The molecule has 5 rings (SSSR count). The van der Waals surface area contributed by atoms with E-state index in [1.807, 2.05) is 42.1 Å². The molecule has 0 unspecified atom stereocenters. The van der Waals surface area contributed by atoms with Crippen molar-refractivity contribution in [2.45, 2.75) is 6.54 Å². The Morgan fingerprint density at radius 1 is 1.16 bits per heavy atom. The summed E-state index contributed by atoms with van der Waals surface area (Å²) in [6.45, 7) is 3.48. The molecule has 8 heteroatoms. The number of benzene rings is 1. The molecule has 1 aliphatic rings. The van der Waals surface area contributed by atoms with Crippen LogP contribution in [0.3, 0.4) is 0 Å². The maximum absolute atomic E-state index is 13.1. The maximum Gasteiger partial charge on any atom is 0.270 e. The first-order valence-corrected chi connectivity index (χ1v) is 10.6. The molecule has 4 aromatic rings. The van der Waals surface area contributed by atoms with Gasteiger partial charge >= 0.3 is 0 Å². The third-order valence-electron chi connectivity index (χ3n) is 5.66. The fourth-order valence-corrected chi connectivity index (χ4v) is 3.94. The van der Waals surface area contributed by atoms with E-state index < -0.39 is 0 Å². The van der Waals surface area contributed by atoms with Gasteiger partial charge in [-0.25, -0.2) is 4.98 Å². The monoisotopic (exact) mass is 428 g/mol. The lowest BCUT2D eigenvalue weighted by molar-refractivity contribution is 0.0947. The molecule has 1 amide bonds. The predicted octanol–water partition coefficient (Wildman–Crippen LogP) is 2.80. The number of amides is 1. The van der Waals surface area contributed by atoms with Gasteiger partial charge in [0.1, 0.15) is 5.69 Å². The number of carbonyl (C=O) groups excluding carboxylic acids is 1. The highest BCUT2D eigenvalue weighted by Crippen LogP contribution is 2.28. The Hall–Kier alpha value is -3.78. The zero-order chi connectivity index (χ0) is 21.9. The van der Waals surface area contributed by atoms with Gasteiger partial charge in [0.2, 0.25) is 0 Å². The zero-order valence-corrected chi connectivity index (χ0v) is 17.9. The van der Waals surface area contributed by atoms with Crippen molar-refractivity contribution in [2.24, 2.45) is 7.05 Å². The topological polar surface area (TPSA) is 85.2 Å². The van der Waals surface area contributed by atoms with Crippen molar-refractivity contribution in [1.82, 2.24) is 24.8 Å². The van der Waals surface area contributed by atoms with Gasteiger partial charge in [-0.1, -0.05) is 12.1 Å². The molecular weight excluding hydrogens is 404 g/mol. The van der Waals surface area contributed by atoms with Crippen molar-refractivity contribution in [1.29, 1.82) is 0 Å². The highest BCUT2D eigenvalue weighted by Gasteiger charge is 2.18. The second kappa shape index (κ2) is 8.76. The van der Waals surface area contributed by atoms with Crippen molar-refractivity contribution in [2.75, 3.05) is 31.2 Å². The number of carbonyl (C=O) groups is 1. The number of hydrogen-bond acceptors (Lipinski definition) is 6. The number of aromatic nitrogens is 4. The number of ether oxygens (including phenoxy) is 1. The summed E-state index contributed by atoms with van der Waals surface area (Å²) in [7, 11) is 1.97. The minimum absolute atomic E-state index is 0.238. The maximum atomic E-state index is 13.1. The Bertz CT molecular complexity index is 1250. The number of rotatable bonds is 5. The number of aryl methyl sites for hydroxylation is 1. The third kappa shape index (κ3) is 4.04. The average Bonchev–Trinajstić information content (AvgIpc) is 3.24. The van der Waals surface area contributed by atoms with Gasteiger partial charge in [0.05, 0.1) is 42.9 Å². The number of nitrogens with one attached hydrogen (secondary N) is 1. The Labute approximate surface area is 185 Å². The Morgan fingerprint density at radius 3 is 2.84 bits per heavy atom. The number of fused-ring (bicyclic) bond motifs is 1. The van der Waals surface area contributed by atoms with Gasteiger partial charge < -0.3 is 19.5 Å². The van der Waals surface area contributed by atoms with E-state index in [-0.39, 0.29) is 5.91 Å². The molecule has 0 bridgehead atoms. The Morgan fingerprint density at radius 2 is 2.03 bits per heavy atom. The van der Waals surface area contributed by atoms with Crippen LogP contribution in [0.4, 0.5) is 5.69 Å².